The molecule has 4 aromatic heterocycles. The fraction of sp³-hybridized carbons (Fsp3) is 0.273. The molecule has 0 aliphatic rings. The van der Waals surface area contributed by atoms with E-state index >= 15 is 0 Å². The Balaban J connectivity index is 1.48. The van der Waals surface area contributed by atoms with Gasteiger partial charge in [-0.25, -0.2) is 22.9 Å². The van der Waals surface area contributed by atoms with E-state index in [0.717, 1.165) is 11.6 Å². The summed E-state index contributed by atoms with van der Waals surface area (Å²) in [5.41, 5.74) is 3.73. The van der Waals surface area contributed by atoms with E-state index in [9.17, 15) is 18.3 Å². The summed E-state index contributed by atoms with van der Waals surface area (Å²) in [7, 11) is -4.27. The van der Waals surface area contributed by atoms with Crippen LogP contribution in [0, 0.1) is 6.92 Å². The van der Waals surface area contributed by atoms with Gasteiger partial charge in [0, 0.05) is 38.7 Å². The first-order chi connectivity index (χ1) is 22.9. The van der Waals surface area contributed by atoms with Crippen molar-refractivity contribution in [3.05, 3.63) is 95.1 Å². The van der Waals surface area contributed by atoms with E-state index < -0.39 is 25.0 Å². The van der Waals surface area contributed by atoms with Crippen molar-refractivity contribution in [1.82, 2.24) is 28.7 Å². The minimum absolute atomic E-state index is 0.120. The number of hydrogen-bond donors (Lipinski definition) is 4. The van der Waals surface area contributed by atoms with Crippen LogP contribution in [-0.2, 0) is 22.4 Å². The van der Waals surface area contributed by atoms with Gasteiger partial charge in [0.25, 0.3) is 5.56 Å². The fourth-order valence-electron chi connectivity index (χ4n) is 5.64. The smallest absolute Gasteiger partial charge is 0.282 e. The SMILES string of the molecule is Cc1ccn2nc([C@H](C)Nc3ncnc4c3c(-c3cc(O)cc(N[SH](=O)=O)c3)cn4COCC[Si](C)(C)C)n(-c3ccccc3)c(=O)c12. The summed E-state index contributed by atoms with van der Waals surface area (Å²) in [5.74, 6) is 0.791. The summed E-state index contributed by atoms with van der Waals surface area (Å²) in [6, 6.07) is 16.2. The lowest BCUT2D eigenvalue weighted by atomic mass is 10.0. The number of aryl methyl sites for hydroxylation is 1. The molecule has 0 amide bonds. The van der Waals surface area contributed by atoms with E-state index in [0.29, 0.717) is 51.6 Å². The molecule has 0 saturated heterocycles. The highest BCUT2D eigenvalue weighted by Crippen LogP contribution is 2.38. The van der Waals surface area contributed by atoms with Gasteiger partial charge in [-0.05, 0) is 61.4 Å². The number of nitrogens with one attached hydrogen (secondary N) is 2. The predicted molar refractivity (Wildman–Crippen MR) is 190 cm³/mol. The molecule has 0 aliphatic heterocycles. The third kappa shape index (κ3) is 6.83. The Labute approximate surface area is 280 Å². The number of ether oxygens (including phenoxy) is 1. The molecule has 3 N–H and O–H groups in total. The minimum Gasteiger partial charge on any atom is -0.508 e. The minimum atomic E-state index is -2.96. The highest BCUT2D eigenvalue weighted by molar-refractivity contribution is 7.73. The number of hydrogen-bond acceptors (Lipinski definition) is 9. The number of thiol groups is 1. The second-order valence-corrected chi connectivity index (χ2v) is 19.3. The molecule has 2 aromatic carbocycles. The number of para-hydroxylation sites is 1. The Morgan fingerprint density at radius 2 is 1.83 bits per heavy atom. The number of aromatic hydroxyl groups is 1. The molecule has 1 atom stereocenters. The van der Waals surface area contributed by atoms with Gasteiger partial charge in [-0.2, -0.15) is 5.10 Å². The Morgan fingerprint density at radius 1 is 1.06 bits per heavy atom. The molecular weight excluding hydrogens is 649 g/mol. The molecule has 4 heterocycles. The fourth-order valence-corrected chi connectivity index (χ4v) is 6.73. The third-order valence-electron chi connectivity index (χ3n) is 8.00. The number of aromatic nitrogens is 6. The molecule has 0 saturated carbocycles. The zero-order valence-electron chi connectivity index (χ0n) is 27.3. The Kier molecular flexibility index (Phi) is 9.09. The van der Waals surface area contributed by atoms with Gasteiger partial charge in [0.05, 0.1) is 22.8 Å². The number of anilines is 2. The molecule has 0 unspecified atom stereocenters. The number of nitrogens with zero attached hydrogens (tertiary/aromatic N) is 6. The topological polar surface area (TPSA) is 158 Å². The highest BCUT2D eigenvalue weighted by Gasteiger charge is 2.23. The molecule has 0 spiro atoms. The zero-order valence-corrected chi connectivity index (χ0v) is 29.2. The second kappa shape index (κ2) is 13.3. The zero-order chi connectivity index (χ0) is 34.2. The monoisotopic (exact) mass is 686 g/mol. The van der Waals surface area contributed by atoms with Gasteiger partial charge in [0.1, 0.15) is 35.8 Å². The van der Waals surface area contributed by atoms with Gasteiger partial charge in [0.15, 0.2) is 5.82 Å². The molecule has 0 bridgehead atoms. The van der Waals surface area contributed by atoms with Crippen molar-refractivity contribution in [2.75, 3.05) is 16.6 Å². The molecule has 0 radical (unpaired) electrons. The van der Waals surface area contributed by atoms with Crippen LogP contribution < -0.4 is 15.6 Å². The summed E-state index contributed by atoms with van der Waals surface area (Å²) in [6.45, 7) is 11.5. The first kappa shape index (κ1) is 32.9. The number of phenols is 1. The van der Waals surface area contributed by atoms with Gasteiger partial charge < -0.3 is 19.7 Å². The van der Waals surface area contributed by atoms with Crippen molar-refractivity contribution in [3.63, 3.8) is 0 Å². The average molecular weight is 687 g/mol. The maximum absolute atomic E-state index is 13.9. The van der Waals surface area contributed by atoms with E-state index in [1.807, 2.05) is 61.0 Å². The maximum atomic E-state index is 13.9. The average Bonchev–Trinajstić information content (AvgIpc) is 3.59. The first-order valence-electron chi connectivity index (χ1n) is 15.5. The van der Waals surface area contributed by atoms with Crippen LogP contribution in [0.15, 0.2) is 78.1 Å². The standard InChI is InChI=1S/C33H38N8O5SSi/c1-21-11-12-40-29(21)33(43)41(25-9-7-6-8-10-25)31(37-40)22(2)36-30-28-27(23-15-24(38-47(44)45)17-26(42)16-23)18-39(32(28)35-19-34-30)20-46-13-14-48(3,4)5/h6-12,15-19,22,42,47H,13-14,20H2,1-5H3,(H,34,35,36)(H,38,44,45)/t22-/m0/s1. The van der Waals surface area contributed by atoms with Crippen LogP contribution in [0.2, 0.25) is 25.7 Å². The van der Waals surface area contributed by atoms with Gasteiger partial charge >= 0.3 is 0 Å². The molecule has 0 aliphatic carbocycles. The summed E-state index contributed by atoms with van der Waals surface area (Å²) >= 11 is 0. The summed E-state index contributed by atoms with van der Waals surface area (Å²) < 4.78 is 36.5. The molecule has 48 heavy (non-hydrogen) atoms. The molecule has 15 heteroatoms. The van der Waals surface area contributed by atoms with Gasteiger partial charge in [-0.3, -0.25) is 14.1 Å². The van der Waals surface area contributed by atoms with E-state index in [4.69, 9.17) is 9.84 Å². The van der Waals surface area contributed by atoms with E-state index in [1.165, 1.54) is 12.4 Å². The largest absolute Gasteiger partial charge is 0.508 e. The van der Waals surface area contributed by atoms with Crippen molar-refractivity contribution in [1.29, 1.82) is 0 Å². The Morgan fingerprint density at radius 3 is 2.56 bits per heavy atom. The van der Waals surface area contributed by atoms with E-state index in [1.54, 1.807) is 27.4 Å². The van der Waals surface area contributed by atoms with Crippen LogP contribution in [0.5, 0.6) is 5.75 Å². The lowest BCUT2D eigenvalue weighted by molar-refractivity contribution is 0.0899. The summed E-state index contributed by atoms with van der Waals surface area (Å²) in [6.07, 6.45) is 5.07. The van der Waals surface area contributed by atoms with Crippen molar-refractivity contribution < 1.29 is 18.3 Å². The molecule has 6 rings (SSSR count). The molecular formula is C33H38N8O5SSi. The molecule has 0 fully saturated rings. The summed E-state index contributed by atoms with van der Waals surface area (Å²) in [4.78, 5) is 23.2. The van der Waals surface area contributed by atoms with Crippen LogP contribution in [0.4, 0.5) is 11.5 Å². The van der Waals surface area contributed by atoms with Crippen molar-refractivity contribution in [2.24, 2.45) is 0 Å². The van der Waals surface area contributed by atoms with Crippen molar-refractivity contribution >= 4 is 47.0 Å². The van der Waals surface area contributed by atoms with Crippen LogP contribution in [0.25, 0.3) is 33.4 Å². The predicted octanol–water partition coefficient (Wildman–Crippen LogP) is 5.33. The molecule has 6 aromatic rings. The number of phenolic OH excluding ortho intramolecular Hbond substituents is 1. The number of fused-ring (bicyclic) bond motifs is 2. The quantitative estimate of drug-likeness (QED) is 0.0758. The van der Waals surface area contributed by atoms with Crippen molar-refractivity contribution in [2.45, 2.75) is 52.3 Å². The van der Waals surface area contributed by atoms with E-state index in [-0.39, 0.29) is 23.7 Å². The van der Waals surface area contributed by atoms with Crippen LogP contribution >= 0.6 is 0 Å². The normalized spacial score (nSPS) is 12.6. The van der Waals surface area contributed by atoms with Gasteiger partial charge in [-0.15, -0.1) is 0 Å². The van der Waals surface area contributed by atoms with Gasteiger partial charge in [-0.1, -0.05) is 37.8 Å². The van der Waals surface area contributed by atoms with Gasteiger partial charge in [0.2, 0.25) is 10.9 Å². The summed E-state index contributed by atoms with van der Waals surface area (Å²) in [5, 5.41) is 19.5. The Hall–Kier alpha value is -4.99. The first-order valence-corrected chi connectivity index (χ1v) is 20.4. The lowest BCUT2D eigenvalue weighted by Gasteiger charge is -2.20. The second-order valence-electron chi connectivity index (χ2n) is 12.9. The molecule has 250 valence electrons. The highest BCUT2D eigenvalue weighted by atomic mass is 32.2. The lowest BCUT2D eigenvalue weighted by Crippen LogP contribution is -2.29. The Bertz CT molecular complexity index is 2250. The van der Waals surface area contributed by atoms with Crippen LogP contribution in [0.1, 0.15) is 24.4 Å². The maximum Gasteiger partial charge on any atom is 0.282 e. The van der Waals surface area contributed by atoms with Crippen LogP contribution in [-0.4, -0.2) is 56.9 Å². The van der Waals surface area contributed by atoms with Crippen LogP contribution in [0.3, 0.4) is 0 Å². The van der Waals surface area contributed by atoms with E-state index in [2.05, 4.69) is 39.6 Å². The number of benzene rings is 2. The molecule has 13 nitrogen and oxygen atoms in total. The number of rotatable bonds is 12. The van der Waals surface area contributed by atoms with Crippen molar-refractivity contribution in [3.8, 4) is 22.6 Å². The third-order valence-corrected chi connectivity index (χ3v) is 10.1.